The number of carbonyl (C=O) groups is 2. The van der Waals surface area contributed by atoms with Crippen molar-refractivity contribution in [3.05, 3.63) is 72.2 Å². The van der Waals surface area contributed by atoms with Crippen LogP contribution >= 0.6 is 0 Å². The van der Waals surface area contributed by atoms with Gasteiger partial charge in [-0.1, -0.05) is 0 Å². The molecule has 176 valence electrons. The molecule has 9 nitrogen and oxygen atoms in total. The minimum Gasteiger partial charge on any atom is -0.479 e. The van der Waals surface area contributed by atoms with Gasteiger partial charge in [0.15, 0.2) is 0 Å². The van der Waals surface area contributed by atoms with Gasteiger partial charge in [-0.25, -0.2) is 24.2 Å². The number of hydrogen-bond donors (Lipinski definition) is 1. The maximum absolute atomic E-state index is 13.3. The molecule has 3 amide bonds. The van der Waals surface area contributed by atoms with Crippen LogP contribution in [0.4, 0.5) is 14.9 Å². The molecule has 1 saturated heterocycles. The summed E-state index contributed by atoms with van der Waals surface area (Å²) in [5.74, 6) is -0.471. The van der Waals surface area contributed by atoms with E-state index >= 15 is 0 Å². The lowest BCUT2D eigenvalue weighted by Gasteiger charge is -2.39. The number of ether oxygens (including phenoxy) is 1. The summed E-state index contributed by atoms with van der Waals surface area (Å²) < 4.78 is 20.5. The third kappa shape index (κ3) is 4.90. The molecule has 1 fully saturated rings. The summed E-state index contributed by atoms with van der Waals surface area (Å²) in [6, 6.07) is 8.79. The third-order valence-corrected chi connectivity index (χ3v) is 5.45. The van der Waals surface area contributed by atoms with Crippen molar-refractivity contribution in [3.63, 3.8) is 0 Å². The fourth-order valence-corrected chi connectivity index (χ4v) is 3.70. The molecule has 0 aliphatic carbocycles. The number of rotatable bonds is 6. The summed E-state index contributed by atoms with van der Waals surface area (Å²) in [4.78, 5) is 35.7. The smallest absolute Gasteiger partial charge is 0.343 e. The van der Waals surface area contributed by atoms with Crippen molar-refractivity contribution in [2.45, 2.75) is 26.3 Å². The van der Waals surface area contributed by atoms with E-state index in [4.69, 9.17) is 4.74 Å². The van der Waals surface area contributed by atoms with E-state index in [1.165, 1.54) is 41.3 Å². The van der Waals surface area contributed by atoms with E-state index in [1.807, 2.05) is 26.1 Å². The summed E-state index contributed by atoms with van der Waals surface area (Å²) in [5.41, 5.74) is 5.27. The van der Waals surface area contributed by atoms with Crippen molar-refractivity contribution >= 4 is 23.7 Å². The predicted octanol–water partition coefficient (Wildman–Crippen LogP) is 3.49. The second-order valence-electron chi connectivity index (χ2n) is 7.91. The monoisotopic (exact) mass is 464 g/mol. The Balaban J connectivity index is 1.44. The van der Waals surface area contributed by atoms with Gasteiger partial charge in [0.05, 0.1) is 24.8 Å². The SMILES string of the molecule is COc1nc(C=CC(=O)NN2CCC(C)N(c3ccc(F)cc3)C2=O)ccc1-n1cnc(C)c1. The molecule has 0 spiro atoms. The van der Waals surface area contributed by atoms with E-state index in [9.17, 15) is 14.0 Å². The van der Waals surface area contributed by atoms with E-state index in [0.717, 1.165) is 11.4 Å². The van der Waals surface area contributed by atoms with Crippen LogP contribution in [0.2, 0.25) is 0 Å². The van der Waals surface area contributed by atoms with Crippen LogP contribution < -0.4 is 15.1 Å². The van der Waals surface area contributed by atoms with Crippen LogP contribution in [0, 0.1) is 12.7 Å². The van der Waals surface area contributed by atoms with Gasteiger partial charge in [0.1, 0.15) is 11.5 Å². The molecule has 1 unspecified atom stereocenters. The Labute approximate surface area is 196 Å². The van der Waals surface area contributed by atoms with Gasteiger partial charge < -0.3 is 9.30 Å². The van der Waals surface area contributed by atoms with E-state index in [2.05, 4.69) is 15.4 Å². The molecule has 3 heterocycles. The number of anilines is 1. The van der Waals surface area contributed by atoms with Gasteiger partial charge in [-0.05, 0) is 62.7 Å². The lowest BCUT2D eigenvalue weighted by molar-refractivity contribution is -0.120. The molecule has 1 aliphatic rings. The Morgan fingerprint density at radius 1 is 1.24 bits per heavy atom. The first kappa shape index (κ1) is 23.0. The Morgan fingerprint density at radius 2 is 2.00 bits per heavy atom. The quantitative estimate of drug-likeness (QED) is 0.564. The van der Waals surface area contributed by atoms with Crippen molar-refractivity contribution < 1.29 is 18.7 Å². The number of nitrogens with one attached hydrogen (secondary N) is 1. The largest absolute Gasteiger partial charge is 0.479 e. The summed E-state index contributed by atoms with van der Waals surface area (Å²) in [5, 5.41) is 1.26. The number of urea groups is 1. The Kier molecular flexibility index (Phi) is 6.58. The van der Waals surface area contributed by atoms with Gasteiger partial charge in [0.25, 0.3) is 5.91 Å². The van der Waals surface area contributed by atoms with Crippen LogP contribution in [0.25, 0.3) is 11.8 Å². The molecule has 1 N–H and O–H groups in total. The van der Waals surface area contributed by atoms with E-state index in [-0.39, 0.29) is 17.9 Å². The van der Waals surface area contributed by atoms with E-state index in [1.54, 1.807) is 29.1 Å². The third-order valence-electron chi connectivity index (χ3n) is 5.45. The number of imidazole rings is 1. The maximum Gasteiger partial charge on any atom is 0.343 e. The van der Waals surface area contributed by atoms with Crippen molar-refractivity contribution in [2.24, 2.45) is 0 Å². The average molecular weight is 465 g/mol. The molecule has 2 aromatic heterocycles. The fraction of sp³-hybridized carbons (Fsp3) is 0.250. The second kappa shape index (κ2) is 9.74. The van der Waals surface area contributed by atoms with Crippen molar-refractivity contribution in [3.8, 4) is 11.6 Å². The molecule has 0 bridgehead atoms. The minimum atomic E-state index is -0.475. The van der Waals surface area contributed by atoms with Crippen molar-refractivity contribution in [1.82, 2.24) is 25.0 Å². The van der Waals surface area contributed by atoms with Crippen molar-refractivity contribution in [2.75, 3.05) is 18.6 Å². The molecule has 4 rings (SSSR count). The number of aromatic nitrogens is 3. The maximum atomic E-state index is 13.3. The summed E-state index contributed by atoms with van der Waals surface area (Å²) >= 11 is 0. The number of nitrogens with zero attached hydrogens (tertiary/aromatic N) is 5. The molecule has 1 aromatic carbocycles. The van der Waals surface area contributed by atoms with Gasteiger partial charge in [-0.3, -0.25) is 15.1 Å². The van der Waals surface area contributed by atoms with Gasteiger partial charge in [0.2, 0.25) is 5.88 Å². The molecular weight excluding hydrogens is 439 g/mol. The van der Waals surface area contributed by atoms with Crippen LogP contribution in [-0.4, -0.2) is 51.2 Å². The number of halogens is 1. The highest BCUT2D eigenvalue weighted by Crippen LogP contribution is 2.24. The number of hydrogen-bond acceptors (Lipinski definition) is 5. The zero-order chi connectivity index (χ0) is 24.2. The fourth-order valence-electron chi connectivity index (χ4n) is 3.70. The summed E-state index contributed by atoms with van der Waals surface area (Å²) in [6.07, 6.45) is 7.00. The Hall–Kier alpha value is -4.21. The van der Waals surface area contributed by atoms with Gasteiger partial charge >= 0.3 is 6.03 Å². The normalized spacial score (nSPS) is 16.2. The van der Waals surface area contributed by atoms with Gasteiger partial charge in [0, 0.05) is 30.5 Å². The highest BCUT2D eigenvalue weighted by molar-refractivity contribution is 5.97. The summed E-state index contributed by atoms with van der Waals surface area (Å²) in [6.45, 7) is 4.16. The van der Waals surface area contributed by atoms with E-state index < -0.39 is 5.91 Å². The Bertz CT molecular complexity index is 1220. The van der Waals surface area contributed by atoms with Crippen LogP contribution in [0.15, 0.2) is 55.0 Å². The number of amides is 3. The number of methoxy groups -OCH3 is 1. The molecule has 10 heteroatoms. The standard InChI is InChI=1S/C24H25FN6O3/c1-16-14-29(15-26-16)21-10-6-19(27-23(21)34-3)7-11-22(32)28-30-13-12-17(2)31(24(30)33)20-8-4-18(25)5-9-20/h4-11,14-15,17H,12-13H2,1-3H3,(H,28,32). The molecule has 3 aromatic rings. The zero-order valence-corrected chi connectivity index (χ0v) is 19.1. The van der Waals surface area contributed by atoms with Gasteiger partial charge in [-0.15, -0.1) is 0 Å². The zero-order valence-electron chi connectivity index (χ0n) is 19.1. The average Bonchev–Trinajstić information content (AvgIpc) is 3.26. The minimum absolute atomic E-state index is 0.0869. The first-order valence-electron chi connectivity index (χ1n) is 10.8. The molecule has 1 aliphatic heterocycles. The molecule has 1 atom stereocenters. The Morgan fingerprint density at radius 3 is 2.68 bits per heavy atom. The first-order chi connectivity index (χ1) is 16.4. The second-order valence-corrected chi connectivity index (χ2v) is 7.91. The lowest BCUT2D eigenvalue weighted by atomic mass is 10.1. The number of hydrazine groups is 1. The number of aryl methyl sites for hydroxylation is 1. The van der Waals surface area contributed by atoms with Crippen LogP contribution in [0.3, 0.4) is 0 Å². The van der Waals surface area contributed by atoms with Crippen LogP contribution in [0.5, 0.6) is 5.88 Å². The topological polar surface area (TPSA) is 92.6 Å². The molecular formula is C24H25FN6O3. The molecule has 0 radical (unpaired) electrons. The first-order valence-corrected chi connectivity index (χ1v) is 10.8. The number of benzene rings is 1. The van der Waals surface area contributed by atoms with Crippen LogP contribution in [-0.2, 0) is 4.79 Å². The molecule has 34 heavy (non-hydrogen) atoms. The number of pyridine rings is 1. The van der Waals surface area contributed by atoms with Crippen LogP contribution in [0.1, 0.15) is 24.7 Å². The van der Waals surface area contributed by atoms with Gasteiger partial charge in [-0.2, -0.15) is 0 Å². The molecule has 0 saturated carbocycles. The highest BCUT2D eigenvalue weighted by atomic mass is 19.1. The number of carbonyl (C=O) groups excluding carboxylic acids is 2. The van der Waals surface area contributed by atoms with E-state index in [0.29, 0.717) is 30.2 Å². The summed E-state index contributed by atoms with van der Waals surface area (Å²) in [7, 11) is 1.52. The predicted molar refractivity (Wildman–Crippen MR) is 125 cm³/mol. The van der Waals surface area contributed by atoms with Crippen molar-refractivity contribution in [1.29, 1.82) is 0 Å². The highest BCUT2D eigenvalue weighted by Gasteiger charge is 2.32. The lowest BCUT2D eigenvalue weighted by Crippen LogP contribution is -2.59.